The van der Waals surface area contributed by atoms with Gasteiger partial charge in [0.15, 0.2) is 5.16 Å². The Morgan fingerprint density at radius 2 is 1.79 bits per heavy atom. The van der Waals surface area contributed by atoms with E-state index in [4.69, 9.17) is 14.9 Å². The van der Waals surface area contributed by atoms with Crippen LogP contribution in [0, 0.1) is 11.8 Å². The molecule has 0 amide bonds. The Morgan fingerprint density at radius 3 is 2.48 bits per heavy atom. The van der Waals surface area contributed by atoms with Crippen molar-refractivity contribution in [2.75, 3.05) is 32.0 Å². The van der Waals surface area contributed by atoms with E-state index in [-0.39, 0.29) is 0 Å². The molecular formula is C23H40N4OS. The van der Waals surface area contributed by atoms with Crippen LogP contribution in [-0.4, -0.2) is 57.8 Å². The summed E-state index contributed by atoms with van der Waals surface area (Å²) in [5.74, 6) is 4.60. The molecule has 0 spiro atoms. The molecule has 2 saturated heterocycles. The SMILES string of the molecule is CC(C)CN1CCC(c2nnc(SCC3CCCCC3)n2CC2CCCO2)CC1. The Bertz CT molecular complexity index is 614. The molecule has 2 aliphatic heterocycles. The van der Waals surface area contributed by atoms with Gasteiger partial charge in [-0.3, -0.25) is 0 Å². The summed E-state index contributed by atoms with van der Waals surface area (Å²) < 4.78 is 8.44. The number of hydrogen-bond donors (Lipinski definition) is 0. The zero-order valence-corrected chi connectivity index (χ0v) is 19.3. The third kappa shape index (κ3) is 5.98. The van der Waals surface area contributed by atoms with E-state index in [9.17, 15) is 0 Å². The molecule has 0 radical (unpaired) electrons. The topological polar surface area (TPSA) is 43.2 Å². The van der Waals surface area contributed by atoms with Crippen molar-refractivity contribution in [2.24, 2.45) is 11.8 Å². The molecule has 29 heavy (non-hydrogen) atoms. The maximum absolute atomic E-state index is 5.98. The lowest BCUT2D eigenvalue weighted by Gasteiger charge is -2.32. The third-order valence-electron chi connectivity index (χ3n) is 6.90. The van der Waals surface area contributed by atoms with Crippen LogP contribution in [0.15, 0.2) is 5.16 Å². The predicted molar refractivity (Wildman–Crippen MR) is 120 cm³/mol. The van der Waals surface area contributed by atoms with E-state index in [1.54, 1.807) is 0 Å². The number of rotatable bonds is 8. The van der Waals surface area contributed by atoms with Crippen molar-refractivity contribution in [1.82, 2.24) is 19.7 Å². The molecule has 1 saturated carbocycles. The van der Waals surface area contributed by atoms with Crippen LogP contribution in [0.1, 0.15) is 83.4 Å². The van der Waals surface area contributed by atoms with Gasteiger partial charge in [0.25, 0.3) is 0 Å². The van der Waals surface area contributed by atoms with E-state index < -0.39 is 0 Å². The van der Waals surface area contributed by atoms with Gasteiger partial charge >= 0.3 is 0 Å². The Balaban J connectivity index is 1.42. The summed E-state index contributed by atoms with van der Waals surface area (Å²) in [6.45, 7) is 10.1. The van der Waals surface area contributed by atoms with E-state index >= 15 is 0 Å². The highest BCUT2D eigenvalue weighted by molar-refractivity contribution is 7.99. The second-order valence-electron chi connectivity index (χ2n) is 9.87. The van der Waals surface area contributed by atoms with Gasteiger partial charge in [0.1, 0.15) is 5.82 Å². The number of hydrogen-bond acceptors (Lipinski definition) is 5. The first-order chi connectivity index (χ1) is 14.2. The van der Waals surface area contributed by atoms with Crippen molar-refractivity contribution >= 4 is 11.8 Å². The summed E-state index contributed by atoms with van der Waals surface area (Å²) in [5.41, 5.74) is 0. The van der Waals surface area contributed by atoms with E-state index in [1.807, 2.05) is 11.8 Å². The van der Waals surface area contributed by atoms with Crippen LogP contribution >= 0.6 is 11.8 Å². The zero-order valence-electron chi connectivity index (χ0n) is 18.5. The van der Waals surface area contributed by atoms with Gasteiger partial charge in [-0.15, -0.1) is 10.2 Å². The Kier molecular flexibility index (Phi) is 7.93. The molecule has 3 fully saturated rings. The molecule has 6 heteroatoms. The van der Waals surface area contributed by atoms with Gasteiger partial charge in [0.05, 0.1) is 12.6 Å². The molecule has 0 bridgehead atoms. The van der Waals surface area contributed by atoms with Crippen molar-refractivity contribution < 1.29 is 4.74 Å². The number of likely N-dealkylation sites (tertiary alicyclic amines) is 1. The van der Waals surface area contributed by atoms with E-state index in [0.717, 1.165) is 30.1 Å². The maximum Gasteiger partial charge on any atom is 0.191 e. The maximum atomic E-state index is 5.98. The van der Waals surface area contributed by atoms with E-state index in [2.05, 4.69) is 23.3 Å². The molecular weight excluding hydrogens is 380 g/mol. The average Bonchev–Trinajstić information content (AvgIpc) is 3.38. The lowest BCUT2D eigenvalue weighted by molar-refractivity contribution is 0.0931. The summed E-state index contributed by atoms with van der Waals surface area (Å²) >= 11 is 1.95. The van der Waals surface area contributed by atoms with Gasteiger partial charge in [-0.25, -0.2) is 0 Å². The van der Waals surface area contributed by atoms with Crippen LogP contribution in [0.2, 0.25) is 0 Å². The molecule has 164 valence electrons. The fraction of sp³-hybridized carbons (Fsp3) is 0.913. The summed E-state index contributed by atoms with van der Waals surface area (Å²) in [7, 11) is 0. The fourth-order valence-corrected chi connectivity index (χ4v) is 6.45. The minimum atomic E-state index is 0.347. The molecule has 5 nitrogen and oxygen atoms in total. The van der Waals surface area contributed by atoms with Crippen LogP contribution < -0.4 is 0 Å². The molecule has 3 aliphatic rings. The van der Waals surface area contributed by atoms with Gasteiger partial charge < -0.3 is 14.2 Å². The van der Waals surface area contributed by atoms with Crippen molar-refractivity contribution in [1.29, 1.82) is 0 Å². The quantitative estimate of drug-likeness (QED) is 0.556. The third-order valence-corrected chi connectivity index (χ3v) is 8.10. The zero-order chi connectivity index (χ0) is 20.1. The van der Waals surface area contributed by atoms with Crippen molar-refractivity contribution in [2.45, 2.75) is 95.4 Å². The Hall–Kier alpha value is -0.590. The van der Waals surface area contributed by atoms with E-state index in [0.29, 0.717) is 12.0 Å². The molecule has 0 aromatic carbocycles. The molecule has 3 heterocycles. The lowest BCUT2D eigenvalue weighted by atomic mass is 9.91. The van der Waals surface area contributed by atoms with Crippen LogP contribution in [0.5, 0.6) is 0 Å². The predicted octanol–water partition coefficient (Wildman–Crippen LogP) is 4.96. The molecule has 1 atom stereocenters. The number of piperidine rings is 1. The summed E-state index contributed by atoms with van der Waals surface area (Å²) in [6.07, 6.45) is 12.2. The van der Waals surface area contributed by atoms with Gasteiger partial charge in [-0.05, 0) is 63.5 Å². The number of thioether (sulfide) groups is 1. The van der Waals surface area contributed by atoms with Crippen LogP contribution in [0.3, 0.4) is 0 Å². The average molecular weight is 421 g/mol. The normalized spacial score (nSPS) is 25.3. The van der Waals surface area contributed by atoms with Gasteiger partial charge in [0.2, 0.25) is 0 Å². The van der Waals surface area contributed by atoms with Crippen molar-refractivity contribution in [3.63, 3.8) is 0 Å². The molecule has 1 aliphatic carbocycles. The van der Waals surface area contributed by atoms with Crippen LogP contribution in [0.4, 0.5) is 0 Å². The minimum absolute atomic E-state index is 0.347. The largest absolute Gasteiger partial charge is 0.376 e. The molecule has 4 rings (SSSR count). The lowest BCUT2D eigenvalue weighted by Crippen LogP contribution is -2.36. The first-order valence-electron chi connectivity index (χ1n) is 12.1. The highest BCUT2D eigenvalue weighted by Gasteiger charge is 2.29. The summed E-state index contributed by atoms with van der Waals surface area (Å²) in [5, 5.41) is 10.6. The highest BCUT2D eigenvalue weighted by Crippen LogP contribution is 2.33. The first kappa shape index (κ1) is 21.6. The van der Waals surface area contributed by atoms with Crippen molar-refractivity contribution in [3.05, 3.63) is 5.82 Å². The van der Waals surface area contributed by atoms with Crippen LogP contribution in [0.25, 0.3) is 0 Å². The Labute approximate surface area is 181 Å². The monoisotopic (exact) mass is 420 g/mol. The highest BCUT2D eigenvalue weighted by atomic mass is 32.2. The second-order valence-corrected chi connectivity index (χ2v) is 10.9. The first-order valence-corrected chi connectivity index (χ1v) is 13.1. The van der Waals surface area contributed by atoms with Crippen molar-refractivity contribution in [3.8, 4) is 0 Å². The van der Waals surface area contributed by atoms with Gasteiger partial charge in [-0.2, -0.15) is 0 Å². The molecule has 1 unspecified atom stereocenters. The number of nitrogens with zero attached hydrogens (tertiary/aromatic N) is 4. The van der Waals surface area contributed by atoms with Gasteiger partial charge in [-0.1, -0.05) is 44.9 Å². The molecule has 1 aromatic rings. The number of ether oxygens (including phenoxy) is 1. The second kappa shape index (κ2) is 10.6. The molecule has 0 N–H and O–H groups in total. The number of aromatic nitrogens is 3. The summed E-state index contributed by atoms with van der Waals surface area (Å²) in [6, 6.07) is 0. The van der Waals surface area contributed by atoms with Crippen LogP contribution in [-0.2, 0) is 11.3 Å². The van der Waals surface area contributed by atoms with E-state index in [1.165, 1.54) is 89.0 Å². The minimum Gasteiger partial charge on any atom is -0.376 e. The van der Waals surface area contributed by atoms with Gasteiger partial charge in [0, 0.05) is 24.8 Å². The molecule has 1 aromatic heterocycles. The smallest absolute Gasteiger partial charge is 0.191 e. The fourth-order valence-electron chi connectivity index (χ4n) is 5.31. The summed E-state index contributed by atoms with van der Waals surface area (Å²) in [4.78, 5) is 2.63. The Morgan fingerprint density at radius 1 is 1.00 bits per heavy atom. The standard InChI is InChI=1S/C23H40N4OS/c1-18(2)15-26-12-10-20(11-13-26)22-24-25-23(27(22)16-21-9-6-14-28-21)29-17-19-7-4-3-5-8-19/h18-21H,3-17H2,1-2H3.